The van der Waals surface area contributed by atoms with Crippen molar-refractivity contribution in [3.05, 3.63) is 28.8 Å². The van der Waals surface area contributed by atoms with Crippen LogP contribution in [0, 0.1) is 0 Å². The van der Waals surface area contributed by atoms with Crippen molar-refractivity contribution in [1.29, 1.82) is 0 Å². The van der Waals surface area contributed by atoms with Crippen molar-refractivity contribution in [2.24, 2.45) is 5.73 Å². The number of carbonyl (C=O) groups is 1. The van der Waals surface area contributed by atoms with Gasteiger partial charge in [0.2, 0.25) is 0 Å². The Morgan fingerprint density at radius 2 is 2.16 bits per heavy atom. The van der Waals surface area contributed by atoms with E-state index in [0.717, 1.165) is 0 Å². The molecule has 1 rings (SSSR count). The number of benzene rings is 1. The summed E-state index contributed by atoms with van der Waals surface area (Å²) < 4.78 is 5.13. The van der Waals surface area contributed by atoms with E-state index in [1.807, 2.05) is 0 Å². The largest absolute Gasteiger partial charge is 0.444 e. The second kappa shape index (κ2) is 6.23. The molecule has 0 heterocycles. The number of rotatable bonds is 3. The molecule has 19 heavy (non-hydrogen) atoms. The predicted octanol–water partition coefficient (Wildman–Crippen LogP) is 2.68. The van der Waals surface area contributed by atoms with Crippen molar-refractivity contribution in [2.45, 2.75) is 32.4 Å². The van der Waals surface area contributed by atoms with Gasteiger partial charge in [0.15, 0.2) is 0 Å². The molecule has 0 aliphatic carbocycles. The van der Waals surface area contributed by atoms with Crippen LogP contribution in [-0.2, 0) is 4.74 Å². The molecule has 5 nitrogen and oxygen atoms in total. The third-order valence-electron chi connectivity index (χ3n) is 2.25. The Hall–Kier alpha value is -1.30. The summed E-state index contributed by atoms with van der Waals surface area (Å²) in [5.41, 5.74) is 6.20. The molecule has 1 aromatic rings. The first-order valence-corrected chi connectivity index (χ1v) is 6.26. The minimum atomic E-state index is -0.593. The lowest BCUT2D eigenvalue weighted by atomic mass is 10.1. The molecule has 1 atom stereocenters. The van der Waals surface area contributed by atoms with Gasteiger partial charge in [-0.15, -0.1) is 0 Å². The molecule has 0 fully saturated rings. The lowest BCUT2D eigenvalue weighted by Crippen LogP contribution is -2.27. The number of aliphatic hydroxyl groups excluding tert-OH is 1. The maximum absolute atomic E-state index is 11.7. The SMILES string of the molecule is CC(C)(C)OC(=O)Nc1cc([C@H](N)CO)ccc1Cl. The van der Waals surface area contributed by atoms with Gasteiger partial charge in [-0.25, -0.2) is 4.79 Å². The summed E-state index contributed by atoms with van der Waals surface area (Å²) in [6.07, 6.45) is -0.593. The Morgan fingerprint density at radius 3 is 2.68 bits per heavy atom. The first-order valence-electron chi connectivity index (χ1n) is 5.89. The molecule has 6 heteroatoms. The molecule has 1 amide bonds. The quantitative estimate of drug-likeness (QED) is 0.797. The topological polar surface area (TPSA) is 84.6 Å². The van der Waals surface area contributed by atoms with Crippen molar-refractivity contribution >= 4 is 23.4 Å². The highest BCUT2D eigenvalue weighted by Gasteiger charge is 2.17. The number of nitrogens with one attached hydrogen (secondary N) is 1. The van der Waals surface area contributed by atoms with Gasteiger partial charge in [-0.1, -0.05) is 17.7 Å². The van der Waals surface area contributed by atoms with Gasteiger partial charge in [0.05, 0.1) is 23.4 Å². The number of carbonyl (C=O) groups excluding carboxylic acids is 1. The normalized spacial score (nSPS) is 12.9. The number of halogens is 1. The van der Waals surface area contributed by atoms with Crippen LogP contribution in [0.1, 0.15) is 32.4 Å². The van der Waals surface area contributed by atoms with Crippen LogP contribution in [-0.4, -0.2) is 23.4 Å². The van der Waals surface area contributed by atoms with Crippen LogP contribution in [0.15, 0.2) is 18.2 Å². The fraction of sp³-hybridized carbons (Fsp3) is 0.462. The number of hydrogen-bond acceptors (Lipinski definition) is 4. The highest BCUT2D eigenvalue weighted by molar-refractivity contribution is 6.33. The molecule has 106 valence electrons. The summed E-state index contributed by atoms with van der Waals surface area (Å²) in [5, 5.41) is 11.9. The summed E-state index contributed by atoms with van der Waals surface area (Å²) in [7, 11) is 0. The van der Waals surface area contributed by atoms with Gasteiger partial charge in [-0.3, -0.25) is 5.32 Å². The molecule has 1 aromatic carbocycles. The van der Waals surface area contributed by atoms with E-state index < -0.39 is 17.7 Å². The minimum absolute atomic E-state index is 0.187. The standard InChI is InChI=1S/C13H19ClN2O3/c1-13(2,3)19-12(18)16-11-6-8(10(15)7-17)4-5-9(11)14/h4-6,10,17H,7,15H2,1-3H3,(H,16,18)/t10-/m1/s1. The lowest BCUT2D eigenvalue weighted by molar-refractivity contribution is 0.0636. The van der Waals surface area contributed by atoms with E-state index in [4.69, 9.17) is 27.2 Å². The summed E-state index contributed by atoms with van der Waals surface area (Å²) in [5.74, 6) is 0. The smallest absolute Gasteiger partial charge is 0.412 e. The van der Waals surface area contributed by atoms with E-state index >= 15 is 0 Å². The molecule has 0 unspecified atom stereocenters. The van der Waals surface area contributed by atoms with Gasteiger partial charge in [0.25, 0.3) is 0 Å². The van der Waals surface area contributed by atoms with Crippen LogP contribution in [0.5, 0.6) is 0 Å². The number of hydrogen-bond donors (Lipinski definition) is 3. The van der Waals surface area contributed by atoms with Crippen molar-refractivity contribution < 1.29 is 14.6 Å². The first kappa shape index (κ1) is 15.8. The van der Waals surface area contributed by atoms with Gasteiger partial charge < -0.3 is 15.6 Å². The van der Waals surface area contributed by atoms with Gasteiger partial charge >= 0.3 is 6.09 Å². The minimum Gasteiger partial charge on any atom is -0.444 e. The molecule has 0 aromatic heterocycles. The third kappa shape index (κ3) is 5.06. The third-order valence-corrected chi connectivity index (χ3v) is 2.58. The molecule has 0 aliphatic rings. The van der Waals surface area contributed by atoms with E-state index in [0.29, 0.717) is 16.3 Å². The fourth-order valence-corrected chi connectivity index (χ4v) is 1.55. The van der Waals surface area contributed by atoms with Crippen LogP contribution in [0.25, 0.3) is 0 Å². The Labute approximate surface area is 117 Å². The summed E-state index contributed by atoms with van der Waals surface area (Å²) >= 11 is 5.99. The van der Waals surface area contributed by atoms with E-state index in [1.54, 1.807) is 39.0 Å². The Balaban J connectivity index is 2.85. The van der Waals surface area contributed by atoms with Crippen LogP contribution in [0.2, 0.25) is 5.02 Å². The van der Waals surface area contributed by atoms with Crippen molar-refractivity contribution in [3.63, 3.8) is 0 Å². The van der Waals surface area contributed by atoms with Crippen LogP contribution in [0.4, 0.5) is 10.5 Å². The molecule has 0 saturated heterocycles. The summed E-state index contributed by atoms with van der Waals surface area (Å²) in [6.45, 7) is 5.12. The fourth-order valence-electron chi connectivity index (χ4n) is 1.39. The summed E-state index contributed by atoms with van der Waals surface area (Å²) in [6, 6.07) is 4.41. The summed E-state index contributed by atoms with van der Waals surface area (Å²) in [4.78, 5) is 11.7. The van der Waals surface area contributed by atoms with Crippen molar-refractivity contribution in [3.8, 4) is 0 Å². The first-order chi connectivity index (χ1) is 8.73. The van der Waals surface area contributed by atoms with Gasteiger partial charge in [-0.2, -0.15) is 0 Å². The second-order valence-electron chi connectivity index (χ2n) is 5.16. The molecular formula is C13H19ClN2O3. The Morgan fingerprint density at radius 1 is 1.53 bits per heavy atom. The maximum Gasteiger partial charge on any atom is 0.412 e. The van der Waals surface area contributed by atoms with E-state index in [9.17, 15) is 4.79 Å². The van der Waals surface area contributed by atoms with Crippen LogP contribution in [0.3, 0.4) is 0 Å². The molecule has 0 saturated carbocycles. The van der Waals surface area contributed by atoms with Crippen molar-refractivity contribution in [2.75, 3.05) is 11.9 Å². The average molecular weight is 287 g/mol. The predicted molar refractivity (Wildman–Crippen MR) is 75.3 cm³/mol. The highest BCUT2D eigenvalue weighted by atomic mass is 35.5. The maximum atomic E-state index is 11.7. The zero-order valence-electron chi connectivity index (χ0n) is 11.2. The van der Waals surface area contributed by atoms with Crippen LogP contribution < -0.4 is 11.1 Å². The highest BCUT2D eigenvalue weighted by Crippen LogP contribution is 2.26. The molecule has 0 spiro atoms. The number of ether oxygens (including phenoxy) is 1. The Bertz CT molecular complexity index is 458. The lowest BCUT2D eigenvalue weighted by Gasteiger charge is -2.20. The monoisotopic (exact) mass is 286 g/mol. The zero-order valence-corrected chi connectivity index (χ0v) is 12.0. The second-order valence-corrected chi connectivity index (χ2v) is 5.56. The van der Waals surface area contributed by atoms with Crippen LogP contribution >= 0.6 is 11.6 Å². The van der Waals surface area contributed by atoms with Gasteiger partial charge in [-0.05, 0) is 38.5 Å². The van der Waals surface area contributed by atoms with E-state index in [-0.39, 0.29) is 6.61 Å². The molecule has 4 N–H and O–H groups in total. The number of aliphatic hydroxyl groups is 1. The van der Waals surface area contributed by atoms with Gasteiger partial charge in [0.1, 0.15) is 5.60 Å². The van der Waals surface area contributed by atoms with E-state index in [1.165, 1.54) is 0 Å². The van der Waals surface area contributed by atoms with Gasteiger partial charge in [0, 0.05) is 0 Å². The molecule has 0 aliphatic heterocycles. The number of nitrogens with two attached hydrogens (primary N) is 1. The number of amides is 1. The molecule has 0 radical (unpaired) electrons. The zero-order chi connectivity index (χ0) is 14.6. The molecular weight excluding hydrogens is 268 g/mol. The number of anilines is 1. The van der Waals surface area contributed by atoms with E-state index in [2.05, 4.69) is 5.32 Å². The average Bonchev–Trinajstić information content (AvgIpc) is 2.28. The Kier molecular flexibility index (Phi) is 5.17. The van der Waals surface area contributed by atoms with Crippen molar-refractivity contribution in [1.82, 2.24) is 0 Å². The molecule has 0 bridgehead atoms.